The highest BCUT2D eigenvalue weighted by molar-refractivity contribution is 6.04. The van der Waals surface area contributed by atoms with Crippen molar-refractivity contribution < 1.29 is 14.1 Å². The van der Waals surface area contributed by atoms with Gasteiger partial charge in [-0.05, 0) is 83.7 Å². The first kappa shape index (κ1) is 27.8. The summed E-state index contributed by atoms with van der Waals surface area (Å²) in [6.45, 7) is 12.6. The van der Waals surface area contributed by atoms with Crippen molar-refractivity contribution in [3.8, 4) is 0 Å². The Morgan fingerprint density at radius 2 is 1.33 bits per heavy atom. The van der Waals surface area contributed by atoms with Gasteiger partial charge in [-0.2, -0.15) is 0 Å². The predicted octanol–water partition coefficient (Wildman–Crippen LogP) is 7.09. The summed E-state index contributed by atoms with van der Waals surface area (Å²) >= 11 is 0. The van der Waals surface area contributed by atoms with E-state index in [2.05, 4.69) is 55.4 Å². The van der Waals surface area contributed by atoms with E-state index in [-0.39, 0.29) is 22.6 Å². The molecule has 39 heavy (non-hydrogen) atoms. The summed E-state index contributed by atoms with van der Waals surface area (Å²) in [6.07, 6.45) is 3.42. The van der Waals surface area contributed by atoms with Crippen molar-refractivity contribution >= 4 is 23.5 Å². The first-order chi connectivity index (χ1) is 18.4. The van der Waals surface area contributed by atoms with E-state index in [9.17, 15) is 9.59 Å². The van der Waals surface area contributed by atoms with Crippen LogP contribution in [0, 0.1) is 6.92 Å². The summed E-state index contributed by atoms with van der Waals surface area (Å²) in [5, 5.41) is 9.47. The van der Waals surface area contributed by atoms with Crippen molar-refractivity contribution in [2.75, 3.05) is 10.6 Å². The third-order valence-electron chi connectivity index (χ3n) is 6.92. The molecule has 0 aliphatic heterocycles. The largest absolute Gasteiger partial charge is 0.360 e. The smallest absolute Gasteiger partial charge is 0.256 e. The van der Waals surface area contributed by atoms with Gasteiger partial charge in [0.1, 0.15) is 11.6 Å². The van der Waals surface area contributed by atoms with Gasteiger partial charge in [0.15, 0.2) is 5.82 Å². The van der Waals surface area contributed by atoms with E-state index in [1.165, 1.54) is 5.56 Å². The first-order valence-electron chi connectivity index (χ1n) is 13.1. The molecule has 202 valence electrons. The van der Waals surface area contributed by atoms with E-state index in [0.29, 0.717) is 28.5 Å². The molecule has 2 amide bonds. The summed E-state index contributed by atoms with van der Waals surface area (Å²) in [7, 11) is 0. The Bertz CT molecular complexity index is 1450. The van der Waals surface area contributed by atoms with Gasteiger partial charge in [0.05, 0.1) is 0 Å². The number of nitrogens with zero attached hydrogens (tertiary/aromatic N) is 2. The second-order valence-corrected chi connectivity index (χ2v) is 11.6. The van der Waals surface area contributed by atoms with Gasteiger partial charge in [0.2, 0.25) is 0 Å². The molecule has 0 spiro atoms. The zero-order valence-electron chi connectivity index (χ0n) is 23.5. The van der Waals surface area contributed by atoms with Crippen LogP contribution >= 0.6 is 0 Å². The number of carbonyl (C=O) groups is 2. The normalized spacial score (nSPS) is 11.7. The van der Waals surface area contributed by atoms with Crippen LogP contribution in [-0.4, -0.2) is 22.0 Å². The lowest BCUT2D eigenvalue weighted by molar-refractivity contribution is 0.101. The topological polar surface area (TPSA) is 97.1 Å². The van der Waals surface area contributed by atoms with Gasteiger partial charge in [-0.3, -0.25) is 9.59 Å². The number of hydrogen-bond donors (Lipinski definition) is 2. The Balaban J connectivity index is 1.35. The van der Waals surface area contributed by atoms with Gasteiger partial charge >= 0.3 is 0 Å². The zero-order chi connectivity index (χ0) is 28.2. The molecule has 0 aliphatic carbocycles. The van der Waals surface area contributed by atoms with Gasteiger partial charge in [-0.25, -0.2) is 4.98 Å². The van der Waals surface area contributed by atoms with Crippen molar-refractivity contribution in [2.24, 2.45) is 0 Å². The quantitative estimate of drug-likeness (QED) is 0.256. The molecule has 4 aromatic rings. The fourth-order valence-corrected chi connectivity index (χ4v) is 4.30. The number of benzene rings is 2. The van der Waals surface area contributed by atoms with E-state index >= 15 is 0 Å². The highest BCUT2D eigenvalue weighted by Gasteiger charge is 2.21. The predicted molar refractivity (Wildman–Crippen MR) is 154 cm³/mol. The van der Waals surface area contributed by atoms with Crippen molar-refractivity contribution in [2.45, 2.75) is 65.2 Å². The average molecular weight is 525 g/mol. The van der Waals surface area contributed by atoms with Crippen LogP contribution in [0.25, 0.3) is 0 Å². The molecule has 0 aliphatic rings. The lowest BCUT2D eigenvalue weighted by Crippen LogP contribution is -2.19. The van der Waals surface area contributed by atoms with E-state index in [0.717, 1.165) is 24.0 Å². The van der Waals surface area contributed by atoms with Crippen LogP contribution in [-0.2, 0) is 17.3 Å². The SMILES string of the molecule is Cc1cc(NC(=O)c2ccc(C(C)(C)CCc3ccnc(NC(=O)c4ccc(C(C)(C)C)cc4)c3)cc2)no1. The Hall–Kier alpha value is -4.26. The van der Waals surface area contributed by atoms with Crippen LogP contribution in [0.15, 0.2) is 77.4 Å². The highest BCUT2D eigenvalue weighted by Crippen LogP contribution is 2.29. The molecule has 0 bridgehead atoms. The number of amides is 2. The van der Waals surface area contributed by atoms with Gasteiger partial charge < -0.3 is 15.2 Å². The van der Waals surface area contributed by atoms with Crippen molar-refractivity contribution in [1.29, 1.82) is 0 Å². The summed E-state index contributed by atoms with van der Waals surface area (Å²) in [5.41, 5.74) is 4.48. The summed E-state index contributed by atoms with van der Waals surface area (Å²) < 4.78 is 5.00. The number of rotatable bonds is 8. The van der Waals surface area contributed by atoms with E-state index in [4.69, 9.17) is 4.52 Å². The molecule has 0 fully saturated rings. The van der Waals surface area contributed by atoms with Crippen LogP contribution in [0.1, 0.15) is 84.2 Å². The molecule has 2 N–H and O–H groups in total. The molecular formula is C32H36N4O3. The summed E-state index contributed by atoms with van der Waals surface area (Å²) in [5.74, 6) is 1.16. The molecule has 0 radical (unpaired) electrons. The molecule has 0 atom stereocenters. The number of aromatic nitrogens is 2. The third-order valence-corrected chi connectivity index (χ3v) is 6.92. The Labute approximate surface area is 230 Å². The monoisotopic (exact) mass is 524 g/mol. The van der Waals surface area contributed by atoms with Crippen LogP contribution in [0.2, 0.25) is 0 Å². The molecule has 7 nitrogen and oxygen atoms in total. The molecule has 2 aromatic heterocycles. The fourth-order valence-electron chi connectivity index (χ4n) is 4.30. The molecule has 4 rings (SSSR count). The fraction of sp³-hybridized carbons (Fsp3) is 0.312. The molecule has 0 unspecified atom stereocenters. The lowest BCUT2D eigenvalue weighted by Gasteiger charge is -2.25. The van der Waals surface area contributed by atoms with Crippen LogP contribution < -0.4 is 10.6 Å². The molecule has 0 saturated carbocycles. The minimum atomic E-state index is -0.232. The lowest BCUT2D eigenvalue weighted by atomic mass is 9.79. The van der Waals surface area contributed by atoms with Crippen LogP contribution in [0.3, 0.4) is 0 Å². The standard InChI is InChI=1S/C32H36N4O3/c1-21-19-28(36-39-21)35-30(38)24-9-13-26(14-10-24)32(5,6)17-15-22-16-18-33-27(20-22)34-29(37)23-7-11-25(12-8-23)31(2,3)4/h7-14,16,18-20H,15,17H2,1-6H3,(H,33,34,37)(H,35,36,38). The number of carbonyl (C=O) groups excluding carboxylic acids is 2. The first-order valence-corrected chi connectivity index (χ1v) is 13.1. The maximum absolute atomic E-state index is 12.8. The van der Waals surface area contributed by atoms with Crippen molar-refractivity contribution in [3.63, 3.8) is 0 Å². The van der Waals surface area contributed by atoms with Gasteiger partial charge in [-0.1, -0.05) is 64.0 Å². The van der Waals surface area contributed by atoms with Crippen LogP contribution in [0.5, 0.6) is 0 Å². The second-order valence-electron chi connectivity index (χ2n) is 11.6. The van der Waals surface area contributed by atoms with E-state index in [1.54, 1.807) is 19.2 Å². The molecule has 2 heterocycles. The minimum absolute atomic E-state index is 0.0347. The third kappa shape index (κ3) is 7.19. The highest BCUT2D eigenvalue weighted by atomic mass is 16.5. The summed E-state index contributed by atoms with van der Waals surface area (Å²) in [6, 6.07) is 20.9. The minimum Gasteiger partial charge on any atom is -0.360 e. The molecule has 7 heteroatoms. The van der Waals surface area contributed by atoms with Crippen molar-refractivity contribution in [1.82, 2.24) is 10.1 Å². The van der Waals surface area contributed by atoms with E-state index in [1.807, 2.05) is 60.7 Å². The molecule has 0 saturated heterocycles. The number of pyridine rings is 1. The summed E-state index contributed by atoms with van der Waals surface area (Å²) in [4.78, 5) is 29.6. The molecular weight excluding hydrogens is 488 g/mol. The maximum Gasteiger partial charge on any atom is 0.256 e. The van der Waals surface area contributed by atoms with Gasteiger partial charge in [0.25, 0.3) is 11.8 Å². The van der Waals surface area contributed by atoms with E-state index < -0.39 is 0 Å². The average Bonchev–Trinajstić information content (AvgIpc) is 3.31. The Morgan fingerprint density at radius 1 is 0.769 bits per heavy atom. The van der Waals surface area contributed by atoms with Crippen molar-refractivity contribution in [3.05, 3.63) is 107 Å². The Kier molecular flexibility index (Phi) is 8.00. The number of anilines is 2. The number of aryl methyl sites for hydroxylation is 2. The molecule has 2 aromatic carbocycles. The number of nitrogens with one attached hydrogen (secondary N) is 2. The van der Waals surface area contributed by atoms with Gasteiger partial charge in [0, 0.05) is 23.4 Å². The van der Waals surface area contributed by atoms with Gasteiger partial charge in [-0.15, -0.1) is 0 Å². The Morgan fingerprint density at radius 3 is 1.87 bits per heavy atom. The zero-order valence-corrected chi connectivity index (χ0v) is 23.5. The second kappa shape index (κ2) is 11.2. The number of hydrogen-bond acceptors (Lipinski definition) is 5. The maximum atomic E-state index is 12.8. The van der Waals surface area contributed by atoms with Crippen LogP contribution in [0.4, 0.5) is 11.6 Å².